The molecule has 1 aliphatic rings. The number of amides is 2. The third-order valence-electron chi connectivity index (χ3n) is 5.12. The molecule has 180 valence electrons. The van der Waals surface area contributed by atoms with Crippen LogP contribution in [0.1, 0.15) is 23.6 Å². The Hall–Kier alpha value is -2.64. The highest BCUT2D eigenvalue weighted by Crippen LogP contribution is 2.36. The second-order valence-electron chi connectivity index (χ2n) is 7.52. The lowest BCUT2D eigenvalue weighted by atomic mass is 10.1. The monoisotopic (exact) mass is 547 g/mol. The molecule has 5 nitrogen and oxygen atoms in total. The van der Waals surface area contributed by atoms with Gasteiger partial charge >= 0.3 is 0 Å². The first-order chi connectivity index (χ1) is 16.9. The molecule has 0 unspecified atom stereocenters. The van der Waals surface area contributed by atoms with Crippen LogP contribution >= 0.6 is 46.6 Å². The Morgan fingerprint density at radius 3 is 2.43 bits per heavy atom. The Kier molecular flexibility index (Phi) is 8.29. The number of nitrogens with zero attached hydrogens (tertiary/aromatic N) is 1. The summed E-state index contributed by atoms with van der Waals surface area (Å²) in [6, 6.07) is 17.7. The molecule has 0 saturated carbocycles. The third-order valence-corrected chi connectivity index (χ3v) is 6.99. The van der Waals surface area contributed by atoms with E-state index in [9.17, 15) is 9.59 Å². The Labute approximate surface area is 222 Å². The number of rotatable bonds is 8. The molecule has 0 spiro atoms. The lowest BCUT2D eigenvalue weighted by Gasteiger charge is -2.14. The molecule has 35 heavy (non-hydrogen) atoms. The van der Waals surface area contributed by atoms with Gasteiger partial charge in [0.05, 0.1) is 18.1 Å². The second-order valence-corrected chi connectivity index (χ2v) is 9.77. The topological polar surface area (TPSA) is 55.8 Å². The minimum Gasteiger partial charge on any atom is -0.490 e. The van der Waals surface area contributed by atoms with Crippen molar-refractivity contribution >= 4 is 63.8 Å². The van der Waals surface area contributed by atoms with E-state index >= 15 is 0 Å². The number of carbonyl (C=O) groups excluding carboxylic acids is 2. The van der Waals surface area contributed by atoms with Crippen molar-refractivity contribution < 1.29 is 19.1 Å². The average Bonchev–Trinajstić information content (AvgIpc) is 3.08. The van der Waals surface area contributed by atoms with Gasteiger partial charge in [-0.3, -0.25) is 14.5 Å². The van der Waals surface area contributed by atoms with Gasteiger partial charge in [0.2, 0.25) is 0 Å². The van der Waals surface area contributed by atoms with Crippen LogP contribution in [0.4, 0.5) is 4.79 Å². The molecule has 0 aliphatic carbocycles. The van der Waals surface area contributed by atoms with Crippen molar-refractivity contribution in [3.05, 3.63) is 97.3 Å². The molecule has 1 heterocycles. The van der Waals surface area contributed by atoms with Gasteiger partial charge in [-0.05, 0) is 66.2 Å². The standard InChI is InChI=1S/C26H20Cl3NO4S/c1-2-33-23-11-16(7-10-22(23)34-15-18-8-9-19(27)13-21(18)29)12-24-25(31)30(26(32)35-24)14-17-5-3-4-6-20(17)28/h3-13H,2,14-15H2,1H3/b24-12+. The van der Waals surface area contributed by atoms with Crippen LogP contribution in [0.25, 0.3) is 6.08 Å². The molecule has 2 amide bonds. The van der Waals surface area contributed by atoms with Crippen LogP contribution in [0.3, 0.4) is 0 Å². The molecule has 9 heteroatoms. The third kappa shape index (κ3) is 6.14. The van der Waals surface area contributed by atoms with Gasteiger partial charge in [-0.25, -0.2) is 0 Å². The summed E-state index contributed by atoms with van der Waals surface area (Å²) in [6.07, 6.45) is 1.67. The smallest absolute Gasteiger partial charge is 0.293 e. The summed E-state index contributed by atoms with van der Waals surface area (Å²) in [4.78, 5) is 27.0. The quantitative estimate of drug-likeness (QED) is 0.268. The number of halogens is 3. The van der Waals surface area contributed by atoms with E-state index in [4.69, 9.17) is 44.3 Å². The molecule has 1 saturated heterocycles. The first-order valence-corrected chi connectivity index (χ1v) is 12.6. The number of ether oxygens (including phenoxy) is 2. The van der Waals surface area contributed by atoms with E-state index < -0.39 is 0 Å². The van der Waals surface area contributed by atoms with Crippen molar-refractivity contribution in [2.45, 2.75) is 20.1 Å². The number of imide groups is 1. The largest absolute Gasteiger partial charge is 0.490 e. The zero-order chi connectivity index (χ0) is 24.9. The van der Waals surface area contributed by atoms with Gasteiger partial charge in [-0.2, -0.15) is 0 Å². The molecule has 0 atom stereocenters. The molecular weight excluding hydrogens is 529 g/mol. The summed E-state index contributed by atoms with van der Waals surface area (Å²) < 4.78 is 11.7. The van der Waals surface area contributed by atoms with Crippen molar-refractivity contribution in [3.63, 3.8) is 0 Å². The highest BCUT2D eigenvalue weighted by molar-refractivity contribution is 8.18. The van der Waals surface area contributed by atoms with Crippen LogP contribution in [-0.4, -0.2) is 22.7 Å². The number of hydrogen-bond donors (Lipinski definition) is 0. The van der Waals surface area contributed by atoms with Gasteiger partial charge in [-0.15, -0.1) is 0 Å². The van der Waals surface area contributed by atoms with E-state index in [2.05, 4.69) is 0 Å². The number of benzene rings is 3. The van der Waals surface area contributed by atoms with Crippen LogP contribution in [0.2, 0.25) is 15.1 Å². The van der Waals surface area contributed by atoms with Crippen LogP contribution in [0.5, 0.6) is 11.5 Å². The van der Waals surface area contributed by atoms with Crippen LogP contribution in [0.15, 0.2) is 65.6 Å². The van der Waals surface area contributed by atoms with Gasteiger partial charge in [0, 0.05) is 20.6 Å². The van der Waals surface area contributed by atoms with Gasteiger partial charge in [0.15, 0.2) is 11.5 Å². The maximum Gasteiger partial charge on any atom is 0.293 e. The Morgan fingerprint density at radius 1 is 0.886 bits per heavy atom. The summed E-state index contributed by atoms with van der Waals surface area (Å²) >= 11 is 19.3. The van der Waals surface area contributed by atoms with Gasteiger partial charge in [-0.1, -0.05) is 65.1 Å². The maximum absolute atomic E-state index is 12.9. The van der Waals surface area contributed by atoms with Gasteiger partial charge in [0.1, 0.15) is 6.61 Å². The predicted octanol–water partition coefficient (Wildman–Crippen LogP) is 7.86. The Morgan fingerprint density at radius 2 is 1.69 bits per heavy atom. The second kappa shape index (κ2) is 11.4. The molecule has 0 N–H and O–H groups in total. The SMILES string of the molecule is CCOc1cc(/C=C2/SC(=O)N(Cc3ccccc3Cl)C2=O)ccc1OCc1ccc(Cl)cc1Cl. The first kappa shape index (κ1) is 25.5. The van der Waals surface area contributed by atoms with E-state index in [-0.39, 0.29) is 24.3 Å². The molecule has 3 aromatic carbocycles. The fourth-order valence-electron chi connectivity index (χ4n) is 3.38. The summed E-state index contributed by atoms with van der Waals surface area (Å²) in [5.41, 5.74) is 2.20. The predicted molar refractivity (Wildman–Crippen MR) is 141 cm³/mol. The van der Waals surface area contributed by atoms with Crippen LogP contribution in [-0.2, 0) is 17.9 Å². The van der Waals surface area contributed by atoms with E-state index in [1.54, 1.807) is 60.7 Å². The summed E-state index contributed by atoms with van der Waals surface area (Å²) in [7, 11) is 0. The molecule has 4 rings (SSSR count). The molecule has 0 radical (unpaired) electrons. The minimum absolute atomic E-state index is 0.117. The van der Waals surface area contributed by atoms with Crippen molar-refractivity contribution in [2.24, 2.45) is 0 Å². The summed E-state index contributed by atoms with van der Waals surface area (Å²) in [6.45, 7) is 2.64. The Bertz CT molecular complexity index is 1310. The van der Waals surface area contributed by atoms with Crippen molar-refractivity contribution in [3.8, 4) is 11.5 Å². The Balaban J connectivity index is 1.52. The van der Waals surface area contributed by atoms with Crippen molar-refractivity contribution in [1.82, 2.24) is 4.90 Å². The highest BCUT2D eigenvalue weighted by atomic mass is 35.5. The highest BCUT2D eigenvalue weighted by Gasteiger charge is 2.35. The molecule has 3 aromatic rings. The van der Waals surface area contributed by atoms with Crippen LogP contribution < -0.4 is 9.47 Å². The molecule has 1 fully saturated rings. The average molecular weight is 549 g/mol. The summed E-state index contributed by atoms with van der Waals surface area (Å²) in [5.74, 6) is 0.680. The first-order valence-electron chi connectivity index (χ1n) is 10.7. The minimum atomic E-state index is -0.365. The van der Waals surface area contributed by atoms with Crippen molar-refractivity contribution in [1.29, 1.82) is 0 Å². The van der Waals surface area contributed by atoms with Gasteiger partial charge in [0.25, 0.3) is 11.1 Å². The fraction of sp³-hybridized carbons (Fsp3) is 0.154. The van der Waals surface area contributed by atoms with E-state index in [1.807, 2.05) is 13.0 Å². The maximum atomic E-state index is 12.9. The summed E-state index contributed by atoms with van der Waals surface area (Å²) in [5, 5.41) is 1.23. The zero-order valence-corrected chi connectivity index (χ0v) is 21.7. The number of hydrogen-bond acceptors (Lipinski definition) is 5. The molecule has 1 aliphatic heterocycles. The van der Waals surface area contributed by atoms with E-state index in [0.717, 1.165) is 17.3 Å². The van der Waals surface area contributed by atoms with Gasteiger partial charge < -0.3 is 9.47 Å². The molecule has 0 bridgehead atoms. The number of carbonyl (C=O) groups is 2. The lowest BCUT2D eigenvalue weighted by molar-refractivity contribution is -0.123. The number of thioether (sulfide) groups is 1. The lowest BCUT2D eigenvalue weighted by Crippen LogP contribution is -2.27. The normalized spacial score (nSPS) is 14.6. The molecule has 0 aromatic heterocycles. The molecular formula is C26H20Cl3NO4S. The van der Waals surface area contributed by atoms with Crippen molar-refractivity contribution in [2.75, 3.05) is 6.61 Å². The van der Waals surface area contributed by atoms with E-state index in [1.165, 1.54) is 4.90 Å². The zero-order valence-electron chi connectivity index (χ0n) is 18.6. The van der Waals surface area contributed by atoms with Crippen LogP contribution in [0, 0.1) is 0 Å². The van der Waals surface area contributed by atoms with E-state index in [0.29, 0.717) is 49.2 Å². The fourth-order valence-corrected chi connectivity index (χ4v) is 4.88.